The molecule has 0 radical (unpaired) electrons. The Morgan fingerprint density at radius 2 is 2.09 bits per heavy atom. The molecule has 0 saturated carbocycles. The molecule has 2 N–H and O–H groups in total. The van der Waals surface area contributed by atoms with Crippen LogP contribution in [-0.4, -0.2) is 30.1 Å². The fraction of sp³-hybridized carbons (Fsp3) is 0.333. The molecule has 23 heavy (non-hydrogen) atoms. The molecule has 0 amide bonds. The summed E-state index contributed by atoms with van der Waals surface area (Å²) in [7, 11) is 0. The zero-order valence-corrected chi connectivity index (χ0v) is 14.0. The fourth-order valence-electron chi connectivity index (χ4n) is 2.66. The summed E-state index contributed by atoms with van der Waals surface area (Å²) in [5, 5.41) is 10.5. The second kappa shape index (κ2) is 7.53. The Morgan fingerprint density at radius 3 is 2.87 bits per heavy atom. The van der Waals surface area contributed by atoms with Crippen molar-refractivity contribution >= 4 is 33.8 Å². The van der Waals surface area contributed by atoms with E-state index in [2.05, 4.69) is 46.2 Å². The Hall–Kier alpha value is -1.98. The third-order valence-corrected chi connectivity index (χ3v) is 4.24. The van der Waals surface area contributed by atoms with Crippen molar-refractivity contribution in [3.05, 3.63) is 48.0 Å². The van der Waals surface area contributed by atoms with E-state index in [0.29, 0.717) is 5.11 Å². The van der Waals surface area contributed by atoms with E-state index in [1.165, 1.54) is 10.8 Å². The van der Waals surface area contributed by atoms with E-state index in [1.54, 1.807) is 0 Å². The number of ether oxygens (including phenoxy) is 1. The second-order valence-corrected chi connectivity index (χ2v) is 6.12. The predicted molar refractivity (Wildman–Crippen MR) is 98.9 cm³/mol. The minimum absolute atomic E-state index is 0.264. The van der Waals surface area contributed by atoms with Crippen molar-refractivity contribution in [1.29, 1.82) is 0 Å². The van der Waals surface area contributed by atoms with Crippen LogP contribution in [0, 0.1) is 0 Å². The first kappa shape index (κ1) is 15.9. The molecule has 1 heterocycles. The normalized spacial score (nSPS) is 18.1. The van der Waals surface area contributed by atoms with Crippen LogP contribution >= 0.6 is 12.2 Å². The van der Waals surface area contributed by atoms with Gasteiger partial charge in [0.15, 0.2) is 5.11 Å². The Morgan fingerprint density at radius 1 is 1.26 bits per heavy atom. The summed E-state index contributed by atoms with van der Waals surface area (Å²) in [6.07, 6.45) is 2.49. The van der Waals surface area contributed by atoms with E-state index in [4.69, 9.17) is 17.0 Å². The SMILES string of the molecule is CC(=NNC(=S)NC[C@@H]1CCCO1)c1ccc2ccccc2c1. The highest BCUT2D eigenvalue weighted by molar-refractivity contribution is 7.80. The highest BCUT2D eigenvalue weighted by Gasteiger charge is 2.15. The third-order valence-electron chi connectivity index (χ3n) is 4.01. The van der Waals surface area contributed by atoms with Crippen molar-refractivity contribution in [3.8, 4) is 0 Å². The van der Waals surface area contributed by atoms with Gasteiger partial charge >= 0.3 is 0 Å². The van der Waals surface area contributed by atoms with E-state index >= 15 is 0 Å². The molecule has 2 aromatic rings. The molecule has 3 rings (SSSR count). The zero-order valence-electron chi connectivity index (χ0n) is 13.2. The van der Waals surface area contributed by atoms with Gasteiger partial charge < -0.3 is 10.1 Å². The lowest BCUT2D eigenvalue weighted by Crippen LogP contribution is -2.37. The highest BCUT2D eigenvalue weighted by atomic mass is 32.1. The summed E-state index contributed by atoms with van der Waals surface area (Å²) in [6, 6.07) is 14.6. The molecule has 1 aliphatic heterocycles. The van der Waals surface area contributed by atoms with Gasteiger partial charge in [-0.25, -0.2) is 0 Å². The molecule has 5 heteroatoms. The topological polar surface area (TPSA) is 45.7 Å². The monoisotopic (exact) mass is 327 g/mol. The van der Waals surface area contributed by atoms with Crippen molar-refractivity contribution in [1.82, 2.24) is 10.7 Å². The zero-order chi connectivity index (χ0) is 16.1. The number of nitrogens with one attached hydrogen (secondary N) is 2. The summed E-state index contributed by atoms with van der Waals surface area (Å²) < 4.78 is 5.55. The number of hydrazone groups is 1. The van der Waals surface area contributed by atoms with E-state index in [-0.39, 0.29) is 6.10 Å². The molecular weight excluding hydrogens is 306 g/mol. The van der Waals surface area contributed by atoms with Gasteiger partial charge in [-0.1, -0.05) is 36.4 Å². The van der Waals surface area contributed by atoms with Gasteiger partial charge in [-0.15, -0.1) is 0 Å². The van der Waals surface area contributed by atoms with Crippen LogP contribution in [0.1, 0.15) is 25.3 Å². The lowest BCUT2D eigenvalue weighted by Gasteiger charge is -2.12. The van der Waals surface area contributed by atoms with Crippen LogP contribution in [0.3, 0.4) is 0 Å². The average Bonchev–Trinajstić information content (AvgIpc) is 3.11. The summed E-state index contributed by atoms with van der Waals surface area (Å²) >= 11 is 5.25. The lowest BCUT2D eigenvalue weighted by atomic mass is 10.0. The van der Waals surface area contributed by atoms with Crippen molar-refractivity contribution in [3.63, 3.8) is 0 Å². The fourth-order valence-corrected chi connectivity index (χ4v) is 2.79. The molecule has 1 aliphatic rings. The first-order valence-corrected chi connectivity index (χ1v) is 8.32. The first-order valence-electron chi connectivity index (χ1n) is 7.91. The van der Waals surface area contributed by atoms with Crippen molar-refractivity contribution in [2.24, 2.45) is 5.10 Å². The van der Waals surface area contributed by atoms with Gasteiger partial charge in [0.1, 0.15) is 0 Å². The molecule has 0 bridgehead atoms. The number of hydrogen-bond acceptors (Lipinski definition) is 3. The van der Waals surface area contributed by atoms with E-state index in [9.17, 15) is 0 Å². The van der Waals surface area contributed by atoms with Crippen LogP contribution in [0.4, 0.5) is 0 Å². The molecular formula is C18H21N3OS. The maximum absolute atomic E-state index is 5.55. The number of rotatable bonds is 4. The number of thiocarbonyl (C=S) groups is 1. The molecule has 1 saturated heterocycles. The summed E-state index contributed by atoms with van der Waals surface area (Å²) in [5.41, 5.74) is 4.89. The van der Waals surface area contributed by atoms with E-state index < -0.39 is 0 Å². The molecule has 1 atom stereocenters. The summed E-state index contributed by atoms with van der Waals surface area (Å²) in [6.45, 7) is 3.56. The molecule has 0 aliphatic carbocycles. The van der Waals surface area contributed by atoms with E-state index in [1.807, 2.05) is 19.1 Å². The Labute approximate surface area is 141 Å². The molecule has 120 valence electrons. The van der Waals surface area contributed by atoms with E-state index in [0.717, 1.165) is 37.3 Å². The smallest absolute Gasteiger partial charge is 0.187 e. The van der Waals surface area contributed by atoms with Gasteiger partial charge in [-0.3, -0.25) is 5.43 Å². The van der Waals surface area contributed by atoms with Crippen molar-refractivity contribution in [2.45, 2.75) is 25.9 Å². The second-order valence-electron chi connectivity index (χ2n) is 5.72. The van der Waals surface area contributed by atoms with Gasteiger partial charge in [0.05, 0.1) is 11.8 Å². The van der Waals surface area contributed by atoms with Gasteiger partial charge in [0.25, 0.3) is 0 Å². The number of nitrogens with zero attached hydrogens (tertiary/aromatic N) is 1. The van der Waals surface area contributed by atoms with Crippen LogP contribution in [0.2, 0.25) is 0 Å². The maximum Gasteiger partial charge on any atom is 0.187 e. The minimum Gasteiger partial charge on any atom is -0.376 e. The minimum atomic E-state index is 0.264. The Kier molecular flexibility index (Phi) is 5.20. The standard InChI is InChI=1S/C18H21N3OS/c1-13(15-9-8-14-5-2-3-6-16(14)11-15)20-21-18(23)19-12-17-7-4-10-22-17/h2-3,5-6,8-9,11,17H,4,7,10,12H2,1H3,(H2,19,21,23)/t17-/m0/s1. The van der Waals surface area contributed by atoms with Crippen LogP contribution < -0.4 is 10.7 Å². The van der Waals surface area contributed by atoms with Crippen LogP contribution in [0.5, 0.6) is 0 Å². The Balaban J connectivity index is 1.58. The molecule has 4 nitrogen and oxygen atoms in total. The predicted octanol–water partition coefficient (Wildman–Crippen LogP) is 3.21. The Bertz CT molecular complexity index is 723. The first-order chi connectivity index (χ1) is 11.2. The highest BCUT2D eigenvalue weighted by Crippen LogP contribution is 2.16. The van der Waals surface area contributed by atoms with Gasteiger partial charge in [-0.2, -0.15) is 5.10 Å². The van der Waals surface area contributed by atoms with Crippen LogP contribution in [0.15, 0.2) is 47.6 Å². The largest absolute Gasteiger partial charge is 0.376 e. The van der Waals surface area contributed by atoms with Gasteiger partial charge in [0.2, 0.25) is 0 Å². The molecule has 2 aromatic carbocycles. The lowest BCUT2D eigenvalue weighted by molar-refractivity contribution is 0.114. The third kappa shape index (κ3) is 4.27. The van der Waals surface area contributed by atoms with Crippen LogP contribution in [-0.2, 0) is 4.74 Å². The van der Waals surface area contributed by atoms with Crippen molar-refractivity contribution < 1.29 is 4.74 Å². The summed E-state index contributed by atoms with van der Waals surface area (Å²) in [5.74, 6) is 0. The summed E-state index contributed by atoms with van der Waals surface area (Å²) in [4.78, 5) is 0. The van der Waals surface area contributed by atoms with Crippen molar-refractivity contribution in [2.75, 3.05) is 13.2 Å². The number of benzene rings is 2. The van der Waals surface area contributed by atoms with Gasteiger partial charge in [-0.05, 0) is 54.4 Å². The quantitative estimate of drug-likeness (QED) is 0.514. The maximum atomic E-state index is 5.55. The molecule has 0 unspecified atom stereocenters. The molecule has 0 aromatic heterocycles. The molecule has 1 fully saturated rings. The number of fused-ring (bicyclic) bond motifs is 1. The number of hydrogen-bond donors (Lipinski definition) is 2. The van der Waals surface area contributed by atoms with Crippen LogP contribution in [0.25, 0.3) is 10.8 Å². The molecule has 0 spiro atoms. The average molecular weight is 327 g/mol. The van der Waals surface area contributed by atoms with Gasteiger partial charge in [0, 0.05) is 13.2 Å².